The lowest BCUT2D eigenvalue weighted by Gasteiger charge is -2.33. The average molecular weight is 514 g/mol. The second kappa shape index (κ2) is 11.5. The molecule has 1 saturated heterocycles. The first-order valence-electron chi connectivity index (χ1n) is 12.4. The number of para-hydroxylation sites is 2. The van der Waals surface area contributed by atoms with Crippen molar-refractivity contribution in [2.75, 3.05) is 26.8 Å². The molecule has 2 atom stereocenters. The number of likely N-dealkylation sites (tertiary alicyclic amines) is 1. The number of ether oxygens (including phenoxy) is 1. The number of methoxy groups -OCH3 is 1. The lowest BCUT2D eigenvalue weighted by molar-refractivity contribution is -0.132. The molecule has 1 amide bonds. The molecule has 9 nitrogen and oxygen atoms in total. The maximum Gasteiger partial charge on any atom is 0.238 e. The maximum absolute atomic E-state index is 13.2. The monoisotopic (exact) mass is 513 g/mol. The largest absolute Gasteiger partial charge is 0.385 e. The van der Waals surface area contributed by atoms with E-state index in [9.17, 15) is 13.2 Å². The third kappa shape index (κ3) is 6.12. The summed E-state index contributed by atoms with van der Waals surface area (Å²) in [6, 6.07) is 14.1. The molecular weight excluding hydrogens is 478 g/mol. The number of nitrogens with zero attached hydrogens (tertiary/aromatic N) is 3. The number of aromatic nitrogens is 2. The van der Waals surface area contributed by atoms with Gasteiger partial charge >= 0.3 is 0 Å². The number of benzene rings is 2. The summed E-state index contributed by atoms with van der Waals surface area (Å²) in [7, 11) is -2.15. The van der Waals surface area contributed by atoms with Crippen molar-refractivity contribution in [2.24, 2.45) is 10.9 Å². The van der Waals surface area contributed by atoms with Gasteiger partial charge < -0.3 is 19.9 Å². The Bertz CT molecular complexity index is 1310. The van der Waals surface area contributed by atoms with Crippen LogP contribution in [-0.2, 0) is 32.5 Å². The molecule has 2 heterocycles. The van der Waals surface area contributed by atoms with Crippen LogP contribution in [0.5, 0.6) is 0 Å². The number of sulfonamides is 1. The van der Waals surface area contributed by atoms with Crippen molar-refractivity contribution in [1.29, 1.82) is 0 Å². The second-order valence-electron chi connectivity index (χ2n) is 9.46. The van der Waals surface area contributed by atoms with E-state index in [4.69, 9.17) is 20.6 Å². The van der Waals surface area contributed by atoms with Gasteiger partial charge in [0, 0.05) is 51.7 Å². The van der Waals surface area contributed by atoms with Crippen LogP contribution in [0.1, 0.15) is 43.0 Å². The Kier molecular flexibility index (Phi) is 8.40. The van der Waals surface area contributed by atoms with Crippen molar-refractivity contribution in [3.05, 3.63) is 59.9 Å². The summed E-state index contributed by atoms with van der Waals surface area (Å²) in [5.41, 5.74) is 8.89. The molecule has 194 valence electrons. The number of nitrogens with two attached hydrogens (primary N) is 2. The van der Waals surface area contributed by atoms with E-state index in [2.05, 4.69) is 10.6 Å². The van der Waals surface area contributed by atoms with Crippen LogP contribution in [0.2, 0.25) is 0 Å². The van der Waals surface area contributed by atoms with Gasteiger partial charge in [-0.15, -0.1) is 0 Å². The highest BCUT2D eigenvalue weighted by Gasteiger charge is 2.29. The highest BCUT2D eigenvalue weighted by Crippen LogP contribution is 2.30. The summed E-state index contributed by atoms with van der Waals surface area (Å²) in [4.78, 5) is 20.1. The SMILES string of the molecule is COCCCn1c([C@@H]2CCCN(C(=O)C[C@@H](N)Cc3ccccc3S(N)(=O)=O)C2)nc2ccccc21. The molecular formula is C26H35N5O4S. The van der Waals surface area contributed by atoms with Crippen molar-refractivity contribution in [2.45, 2.75) is 55.5 Å². The zero-order chi connectivity index (χ0) is 25.7. The molecule has 0 aliphatic carbocycles. The summed E-state index contributed by atoms with van der Waals surface area (Å²) in [6.07, 6.45) is 3.13. The van der Waals surface area contributed by atoms with Gasteiger partial charge in [0.05, 0.1) is 15.9 Å². The van der Waals surface area contributed by atoms with Crippen molar-refractivity contribution in [1.82, 2.24) is 14.5 Å². The number of amides is 1. The minimum Gasteiger partial charge on any atom is -0.385 e. The fourth-order valence-corrected chi connectivity index (χ4v) is 5.87. The van der Waals surface area contributed by atoms with Crippen LogP contribution in [0.3, 0.4) is 0 Å². The van der Waals surface area contributed by atoms with E-state index in [0.717, 1.165) is 42.7 Å². The zero-order valence-corrected chi connectivity index (χ0v) is 21.5. The average Bonchev–Trinajstić information content (AvgIpc) is 3.22. The number of carbonyl (C=O) groups excluding carboxylic acids is 1. The molecule has 4 rings (SSSR count). The van der Waals surface area contributed by atoms with Crippen molar-refractivity contribution in [3.63, 3.8) is 0 Å². The molecule has 1 aliphatic rings. The number of hydrogen-bond donors (Lipinski definition) is 2. The van der Waals surface area contributed by atoms with Crippen LogP contribution >= 0.6 is 0 Å². The second-order valence-corrected chi connectivity index (χ2v) is 11.0. The molecule has 36 heavy (non-hydrogen) atoms. The molecule has 0 spiro atoms. The summed E-state index contributed by atoms with van der Waals surface area (Å²) >= 11 is 0. The Morgan fingerprint density at radius 1 is 1.19 bits per heavy atom. The van der Waals surface area contributed by atoms with Gasteiger partial charge in [0.15, 0.2) is 0 Å². The predicted octanol–water partition coefficient (Wildman–Crippen LogP) is 2.39. The van der Waals surface area contributed by atoms with E-state index in [-0.39, 0.29) is 29.6 Å². The quantitative estimate of drug-likeness (QED) is 0.400. The van der Waals surface area contributed by atoms with Crippen molar-refractivity contribution in [3.8, 4) is 0 Å². The first-order chi connectivity index (χ1) is 17.3. The van der Waals surface area contributed by atoms with E-state index < -0.39 is 16.1 Å². The molecule has 10 heteroatoms. The number of rotatable bonds is 10. The van der Waals surface area contributed by atoms with E-state index in [1.54, 1.807) is 25.3 Å². The van der Waals surface area contributed by atoms with Gasteiger partial charge in [-0.3, -0.25) is 4.79 Å². The van der Waals surface area contributed by atoms with Crippen LogP contribution in [0.25, 0.3) is 11.0 Å². The minimum atomic E-state index is -3.86. The van der Waals surface area contributed by atoms with Crippen LogP contribution < -0.4 is 10.9 Å². The number of carbonyl (C=O) groups is 1. The molecule has 3 aromatic rings. The number of aryl methyl sites for hydroxylation is 1. The molecule has 1 aromatic heterocycles. The van der Waals surface area contributed by atoms with E-state index in [1.165, 1.54) is 6.07 Å². The normalized spacial score (nSPS) is 17.4. The van der Waals surface area contributed by atoms with Gasteiger partial charge in [0.1, 0.15) is 5.82 Å². The maximum atomic E-state index is 13.2. The third-order valence-electron chi connectivity index (χ3n) is 6.75. The van der Waals surface area contributed by atoms with Crippen LogP contribution in [0.15, 0.2) is 53.4 Å². The van der Waals surface area contributed by atoms with Crippen molar-refractivity contribution < 1.29 is 17.9 Å². The van der Waals surface area contributed by atoms with Gasteiger partial charge in [0.2, 0.25) is 15.9 Å². The highest BCUT2D eigenvalue weighted by molar-refractivity contribution is 7.89. The summed E-state index contributed by atoms with van der Waals surface area (Å²) < 4.78 is 31.3. The lowest BCUT2D eigenvalue weighted by atomic mass is 9.96. The van der Waals surface area contributed by atoms with Gasteiger partial charge in [-0.25, -0.2) is 18.5 Å². The Morgan fingerprint density at radius 2 is 1.94 bits per heavy atom. The molecule has 0 saturated carbocycles. The summed E-state index contributed by atoms with van der Waals surface area (Å²) in [5, 5.41) is 5.34. The Balaban J connectivity index is 1.45. The fraction of sp³-hybridized carbons (Fsp3) is 0.462. The van der Waals surface area contributed by atoms with Crippen molar-refractivity contribution >= 4 is 27.0 Å². The third-order valence-corrected chi connectivity index (χ3v) is 7.76. The van der Waals surface area contributed by atoms with Crippen LogP contribution in [0, 0.1) is 0 Å². The van der Waals surface area contributed by atoms with E-state index in [1.807, 2.05) is 23.1 Å². The van der Waals surface area contributed by atoms with E-state index in [0.29, 0.717) is 25.3 Å². The number of hydrogen-bond acceptors (Lipinski definition) is 6. The Hall–Kier alpha value is -2.79. The topological polar surface area (TPSA) is 134 Å². The van der Waals surface area contributed by atoms with Gasteiger partial charge in [-0.05, 0) is 49.4 Å². The molecule has 0 radical (unpaired) electrons. The number of fused-ring (bicyclic) bond motifs is 1. The van der Waals surface area contributed by atoms with Crippen LogP contribution in [0.4, 0.5) is 0 Å². The fourth-order valence-electron chi connectivity index (χ4n) is 5.08. The predicted molar refractivity (Wildman–Crippen MR) is 139 cm³/mol. The van der Waals surface area contributed by atoms with Gasteiger partial charge in [-0.2, -0.15) is 0 Å². The smallest absolute Gasteiger partial charge is 0.238 e. The molecule has 2 aromatic carbocycles. The summed E-state index contributed by atoms with van der Waals surface area (Å²) in [5.74, 6) is 1.12. The summed E-state index contributed by atoms with van der Waals surface area (Å²) in [6.45, 7) is 2.75. The minimum absolute atomic E-state index is 0.0256. The molecule has 1 aliphatic heterocycles. The van der Waals surface area contributed by atoms with Crippen LogP contribution in [-0.4, -0.2) is 61.6 Å². The van der Waals surface area contributed by atoms with Gasteiger partial charge in [0.25, 0.3) is 0 Å². The number of imidazole rings is 1. The van der Waals surface area contributed by atoms with Gasteiger partial charge in [-0.1, -0.05) is 30.3 Å². The number of piperidine rings is 1. The molecule has 0 bridgehead atoms. The first-order valence-corrected chi connectivity index (χ1v) is 13.9. The highest BCUT2D eigenvalue weighted by atomic mass is 32.2. The standard InChI is InChI=1S/C26H35N5O4S/c1-35-15-7-14-31-23-11-4-3-10-22(23)29-26(31)20-9-6-13-30(18-20)25(32)17-21(27)16-19-8-2-5-12-24(19)36(28,33)34/h2-5,8,10-12,20-21H,6-7,9,13-18,27H2,1H3,(H2,28,33,34)/t20-,21+/m1/s1. The Morgan fingerprint density at radius 3 is 2.72 bits per heavy atom. The van der Waals surface area contributed by atoms with E-state index >= 15 is 0 Å². The molecule has 0 unspecified atom stereocenters. The zero-order valence-electron chi connectivity index (χ0n) is 20.7. The molecule has 4 N–H and O–H groups in total. The first kappa shape index (κ1) is 26.3. The Labute approximate surface area is 212 Å². The molecule has 1 fully saturated rings. The lowest BCUT2D eigenvalue weighted by Crippen LogP contribution is -2.42. The number of primary sulfonamides is 1.